The predicted octanol–water partition coefficient (Wildman–Crippen LogP) is 2.80. The minimum atomic E-state index is -0.559. The molecule has 0 saturated heterocycles. The van der Waals surface area contributed by atoms with Gasteiger partial charge in [-0.3, -0.25) is 14.9 Å². The number of hydrogen-bond donors (Lipinski definition) is 0. The van der Waals surface area contributed by atoms with E-state index in [4.69, 9.17) is 4.74 Å². The van der Waals surface area contributed by atoms with Crippen molar-refractivity contribution >= 4 is 17.4 Å². The molecule has 0 bridgehead atoms. The number of ketones is 1. The molecule has 1 aromatic heterocycles. The molecule has 0 unspecified atom stereocenters. The minimum Gasteiger partial charge on any atom is -0.456 e. The van der Waals surface area contributed by atoms with Crippen LogP contribution in [0.3, 0.4) is 0 Å². The number of rotatable bonds is 5. The van der Waals surface area contributed by atoms with Crippen molar-refractivity contribution < 1.29 is 19.2 Å². The fourth-order valence-corrected chi connectivity index (χ4v) is 2.20. The second kappa shape index (κ2) is 6.43. The molecular weight excluding hydrogens is 300 g/mol. The zero-order chi connectivity index (χ0) is 17.1. The first-order valence-electron chi connectivity index (χ1n) is 6.88. The minimum absolute atomic E-state index is 0.00173. The zero-order valence-corrected chi connectivity index (χ0v) is 13.0. The van der Waals surface area contributed by atoms with E-state index in [1.165, 1.54) is 23.6 Å². The summed E-state index contributed by atoms with van der Waals surface area (Å²) in [6.07, 6.45) is 1.56. The lowest BCUT2D eigenvalue weighted by Gasteiger charge is -2.06. The van der Waals surface area contributed by atoms with Crippen molar-refractivity contribution in [3.8, 4) is 0 Å². The van der Waals surface area contributed by atoms with Gasteiger partial charge in [-0.1, -0.05) is 0 Å². The van der Waals surface area contributed by atoms with E-state index in [-0.39, 0.29) is 23.8 Å². The van der Waals surface area contributed by atoms with Gasteiger partial charge in [0.05, 0.1) is 4.92 Å². The van der Waals surface area contributed by atoms with Gasteiger partial charge in [-0.05, 0) is 37.6 Å². The van der Waals surface area contributed by atoms with Gasteiger partial charge in [0.2, 0.25) is 0 Å². The Morgan fingerprint density at radius 2 is 2.00 bits per heavy atom. The van der Waals surface area contributed by atoms with Crippen LogP contribution in [0.2, 0.25) is 0 Å². The molecule has 0 aliphatic carbocycles. The fourth-order valence-electron chi connectivity index (χ4n) is 2.20. The number of carbonyl (C=O) groups is 2. The van der Waals surface area contributed by atoms with E-state index in [0.717, 1.165) is 0 Å². The third-order valence-electron chi connectivity index (χ3n) is 3.45. The summed E-state index contributed by atoms with van der Waals surface area (Å²) in [6.45, 7) is 3.04. The van der Waals surface area contributed by atoms with E-state index >= 15 is 0 Å². The molecule has 0 amide bonds. The molecule has 0 N–H and O–H groups in total. The highest BCUT2D eigenvalue weighted by molar-refractivity contribution is 5.97. The number of esters is 1. The molecule has 0 fully saturated rings. The van der Waals surface area contributed by atoms with Crippen molar-refractivity contribution in [3.63, 3.8) is 0 Å². The smallest absolute Gasteiger partial charge is 0.355 e. The Morgan fingerprint density at radius 3 is 2.52 bits per heavy atom. The molecule has 0 atom stereocenters. The van der Waals surface area contributed by atoms with Gasteiger partial charge in [-0.25, -0.2) is 4.79 Å². The maximum Gasteiger partial charge on any atom is 0.355 e. The predicted molar refractivity (Wildman–Crippen MR) is 82.4 cm³/mol. The second-order valence-electron chi connectivity index (χ2n) is 5.24. The summed E-state index contributed by atoms with van der Waals surface area (Å²) in [5.74, 6) is -0.693. The highest BCUT2D eigenvalue weighted by Gasteiger charge is 2.16. The Bertz CT molecular complexity index is 792. The molecule has 0 saturated carbocycles. The van der Waals surface area contributed by atoms with E-state index in [9.17, 15) is 19.7 Å². The summed E-state index contributed by atoms with van der Waals surface area (Å²) in [6, 6.07) is 6.02. The SMILES string of the molecule is CC(=O)c1cc(C(=O)OCc2ccc([N+](=O)[O-])c(C)c2)n(C)c1. The molecule has 7 nitrogen and oxygen atoms in total. The average Bonchev–Trinajstić information content (AvgIpc) is 2.86. The maximum absolute atomic E-state index is 12.1. The number of benzene rings is 1. The highest BCUT2D eigenvalue weighted by Crippen LogP contribution is 2.19. The number of nitro groups is 1. The van der Waals surface area contributed by atoms with E-state index < -0.39 is 10.9 Å². The normalized spacial score (nSPS) is 10.4. The Labute approximate surface area is 132 Å². The van der Waals surface area contributed by atoms with E-state index in [2.05, 4.69) is 0 Å². The summed E-state index contributed by atoms with van der Waals surface area (Å²) in [7, 11) is 1.65. The number of Topliss-reactive ketones (excluding diaryl/α,β-unsaturated/α-hetero) is 1. The summed E-state index contributed by atoms with van der Waals surface area (Å²) in [4.78, 5) is 33.7. The summed E-state index contributed by atoms with van der Waals surface area (Å²) < 4.78 is 6.73. The molecule has 23 heavy (non-hydrogen) atoms. The number of ether oxygens (including phenoxy) is 1. The van der Waals surface area contributed by atoms with Crippen LogP contribution in [0.4, 0.5) is 5.69 Å². The third-order valence-corrected chi connectivity index (χ3v) is 3.45. The molecule has 2 aromatic rings. The Balaban J connectivity index is 2.09. The summed E-state index contributed by atoms with van der Waals surface area (Å²) in [5, 5.41) is 10.8. The molecule has 0 aliphatic heterocycles. The van der Waals surface area contributed by atoms with Crippen LogP contribution in [-0.4, -0.2) is 21.2 Å². The first kappa shape index (κ1) is 16.4. The van der Waals surface area contributed by atoms with Crippen molar-refractivity contribution in [2.45, 2.75) is 20.5 Å². The van der Waals surface area contributed by atoms with Crippen molar-refractivity contribution in [1.29, 1.82) is 0 Å². The standard InChI is InChI=1S/C16H16N2O5/c1-10-6-12(4-5-14(10)18(21)22)9-23-16(20)15-7-13(11(2)19)8-17(15)3/h4-8H,9H2,1-3H3. The maximum atomic E-state index is 12.1. The molecule has 120 valence electrons. The van der Waals surface area contributed by atoms with Gasteiger partial charge in [-0.2, -0.15) is 0 Å². The number of nitrogens with zero attached hydrogens (tertiary/aromatic N) is 2. The third kappa shape index (κ3) is 3.63. The lowest BCUT2D eigenvalue weighted by Crippen LogP contribution is -2.09. The molecule has 1 aromatic carbocycles. The molecule has 0 radical (unpaired) electrons. The number of nitro benzene ring substituents is 1. The number of aryl methyl sites for hydroxylation is 2. The van der Waals surface area contributed by atoms with Gasteiger partial charge in [0.25, 0.3) is 5.69 Å². The van der Waals surface area contributed by atoms with Crippen LogP contribution >= 0.6 is 0 Å². The van der Waals surface area contributed by atoms with Crippen LogP contribution in [0.5, 0.6) is 0 Å². The molecule has 7 heteroatoms. The van der Waals surface area contributed by atoms with Gasteiger partial charge in [-0.15, -0.1) is 0 Å². The molecular formula is C16H16N2O5. The van der Waals surface area contributed by atoms with Crippen LogP contribution in [0.15, 0.2) is 30.5 Å². The lowest BCUT2D eigenvalue weighted by molar-refractivity contribution is -0.385. The summed E-state index contributed by atoms with van der Waals surface area (Å²) >= 11 is 0. The van der Waals surface area contributed by atoms with Crippen molar-refractivity contribution in [2.24, 2.45) is 7.05 Å². The van der Waals surface area contributed by atoms with Crippen molar-refractivity contribution in [2.75, 3.05) is 0 Å². The van der Waals surface area contributed by atoms with E-state index in [0.29, 0.717) is 16.7 Å². The molecule has 1 heterocycles. The van der Waals surface area contributed by atoms with Crippen LogP contribution < -0.4 is 0 Å². The topological polar surface area (TPSA) is 91.4 Å². The Hall–Kier alpha value is -2.96. The van der Waals surface area contributed by atoms with Gasteiger partial charge in [0.1, 0.15) is 12.3 Å². The largest absolute Gasteiger partial charge is 0.456 e. The Kier molecular flexibility index (Phi) is 4.59. The Morgan fingerprint density at radius 1 is 1.30 bits per heavy atom. The average molecular weight is 316 g/mol. The van der Waals surface area contributed by atoms with Crippen LogP contribution in [-0.2, 0) is 18.4 Å². The monoisotopic (exact) mass is 316 g/mol. The van der Waals surface area contributed by atoms with Gasteiger partial charge >= 0.3 is 5.97 Å². The fraction of sp³-hybridized carbons (Fsp3) is 0.250. The van der Waals surface area contributed by atoms with Crippen LogP contribution in [0.25, 0.3) is 0 Å². The van der Waals surface area contributed by atoms with Crippen molar-refractivity contribution in [1.82, 2.24) is 4.57 Å². The second-order valence-corrected chi connectivity index (χ2v) is 5.24. The quantitative estimate of drug-likeness (QED) is 0.366. The van der Waals surface area contributed by atoms with Crippen LogP contribution in [0, 0.1) is 17.0 Å². The first-order chi connectivity index (χ1) is 10.8. The first-order valence-corrected chi connectivity index (χ1v) is 6.88. The number of hydrogen-bond acceptors (Lipinski definition) is 5. The van der Waals surface area contributed by atoms with Crippen molar-refractivity contribution in [3.05, 3.63) is 63.0 Å². The van der Waals surface area contributed by atoms with Gasteiger partial charge in [0.15, 0.2) is 5.78 Å². The molecule has 2 rings (SSSR count). The molecule has 0 aliphatic rings. The highest BCUT2D eigenvalue weighted by atomic mass is 16.6. The zero-order valence-electron chi connectivity index (χ0n) is 13.0. The number of aromatic nitrogens is 1. The van der Waals surface area contributed by atoms with Crippen LogP contribution in [0.1, 0.15) is 38.9 Å². The van der Waals surface area contributed by atoms with Gasteiger partial charge < -0.3 is 9.30 Å². The lowest BCUT2D eigenvalue weighted by atomic mass is 10.1. The summed E-state index contributed by atoms with van der Waals surface area (Å²) in [5.41, 5.74) is 1.89. The number of carbonyl (C=O) groups excluding carboxylic acids is 2. The van der Waals surface area contributed by atoms with E-state index in [1.54, 1.807) is 32.3 Å². The molecule has 0 spiro atoms. The van der Waals surface area contributed by atoms with E-state index in [1.807, 2.05) is 0 Å². The van der Waals surface area contributed by atoms with Gasteiger partial charge in [0, 0.05) is 30.4 Å².